The lowest BCUT2D eigenvalue weighted by molar-refractivity contribution is -0.137. The number of fused-ring (bicyclic) bond motifs is 1. The Kier molecular flexibility index (Phi) is 3.49. The molecule has 1 saturated carbocycles. The highest BCUT2D eigenvalue weighted by Crippen LogP contribution is 2.50. The van der Waals surface area contributed by atoms with E-state index in [-0.39, 0.29) is 23.5 Å². The van der Waals surface area contributed by atoms with Crippen molar-refractivity contribution in [3.8, 4) is 11.5 Å². The fraction of sp³-hybridized carbons (Fsp3) is 0.300. The Bertz CT molecular complexity index is 1140. The summed E-state index contributed by atoms with van der Waals surface area (Å²) in [6.07, 6.45) is -2.50. The number of benzene rings is 2. The third-order valence-corrected chi connectivity index (χ3v) is 4.80. The first-order valence-electron chi connectivity index (χ1n) is 10.1. The van der Waals surface area contributed by atoms with E-state index in [0.29, 0.717) is 28.6 Å². The Morgan fingerprint density at radius 3 is 2.68 bits per heavy atom. The van der Waals surface area contributed by atoms with Crippen LogP contribution in [0.15, 0.2) is 42.6 Å². The number of aromatic nitrogens is 2. The maximum absolute atomic E-state index is 12.8. The molecule has 1 aliphatic rings. The summed E-state index contributed by atoms with van der Waals surface area (Å²) in [5.74, 6) is -0.0245. The summed E-state index contributed by atoms with van der Waals surface area (Å²) < 4.78 is 67.7. The fourth-order valence-corrected chi connectivity index (χ4v) is 3.34. The van der Waals surface area contributed by atoms with Crippen molar-refractivity contribution in [3.63, 3.8) is 0 Å². The number of hydrogen-bond donors (Lipinski definition) is 1. The summed E-state index contributed by atoms with van der Waals surface area (Å²) in [6.45, 7) is -2.48. The summed E-state index contributed by atoms with van der Waals surface area (Å²) in [5, 5.41) is 7.29. The first-order valence-corrected chi connectivity index (χ1v) is 8.58. The van der Waals surface area contributed by atoms with Gasteiger partial charge in [-0.05, 0) is 54.3 Å². The molecule has 5 nitrogen and oxygen atoms in total. The Hall–Kier alpha value is -3.03. The van der Waals surface area contributed by atoms with Crippen LogP contribution in [0.2, 0.25) is 0 Å². The van der Waals surface area contributed by atoms with Gasteiger partial charge in [-0.1, -0.05) is 0 Å². The number of ether oxygens (including phenoxy) is 1. The van der Waals surface area contributed by atoms with Crippen molar-refractivity contribution in [3.05, 3.63) is 53.7 Å². The molecule has 1 heterocycles. The van der Waals surface area contributed by atoms with Crippen molar-refractivity contribution in [2.24, 2.45) is 12.9 Å². The molecule has 2 atom stereocenters. The number of carbonyl (C=O) groups is 1. The first-order chi connectivity index (χ1) is 14.5. The van der Waals surface area contributed by atoms with Crippen molar-refractivity contribution in [2.75, 3.05) is 7.05 Å². The zero-order chi connectivity index (χ0) is 22.6. The zero-order valence-corrected chi connectivity index (χ0v) is 14.7. The summed E-state index contributed by atoms with van der Waals surface area (Å²) >= 11 is 0. The lowest BCUT2D eigenvalue weighted by Crippen LogP contribution is -2.20. The molecule has 28 heavy (non-hydrogen) atoms. The van der Waals surface area contributed by atoms with Crippen LogP contribution in [0.4, 0.5) is 13.2 Å². The van der Waals surface area contributed by atoms with Gasteiger partial charge in [0.15, 0.2) is 0 Å². The minimum Gasteiger partial charge on any atom is -0.457 e. The molecule has 1 aromatic heterocycles. The molecule has 0 bridgehead atoms. The Balaban J connectivity index is 1.71. The summed E-state index contributed by atoms with van der Waals surface area (Å²) in [4.78, 5) is 12.0. The highest BCUT2D eigenvalue weighted by Gasteiger charge is 2.45. The lowest BCUT2D eigenvalue weighted by Gasteiger charge is -2.11. The van der Waals surface area contributed by atoms with E-state index in [9.17, 15) is 18.0 Å². The predicted molar refractivity (Wildman–Crippen MR) is 97.1 cm³/mol. The standard InChI is InChI=1S/C20H18F3N3O2/c1-24-19(27)17-9-15(17)16-8-14(7-11-10-26(2)25-18(11)16)28-13-5-3-12(4-6-13)20(21,22)23/h3-8,10,15,17H,9H2,1-2H3,(H,24,27)/t15?,17-/m1/s1/i2D3. The third-order valence-electron chi connectivity index (χ3n) is 4.80. The highest BCUT2D eigenvalue weighted by atomic mass is 19.4. The molecular formula is C20H18F3N3O2. The number of alkyl halides is 3. The van der Waals surface area contributed by atoms with Gasteiger partial charge in [0, 0.05) is 35.6 Å². The second-order valence-corrected chi connectivity index (χ2v) is 6.71. The van der Waals surface area contributed by atoms with Crippen molar-refractivity contribution < 1.29 is 26.8 Å². The number of rotatable bonds is 4. The molecule has 0 spiro atoms. The third kappa shape index (κ3) is 3.42. The summed E-state index contributed by atoms with van der Waals surface area (Å²) in [5.41, 5.74) is 0.324. The number of hydrogen-bond acceptors (Lipinski definition) is 3. The van der Waals surface area contributed by atoms with Gasteiger partial charge in [0.05, 0.1) is 11.1 Å². The minimum atomic E-state index is -4.45. The van der Waals surface area contributed by atoms with Crippen LogP contribution in [0.25, 0.3) is 10.9 Å². The van der Waals surface area contributed by atoms with E-state index in [1.165, 1.54) is 18.3 Å². The summed E-state index contributed by atoms with van der Waals surface area (Å²) in [7, 11) is 1.54. The van der Waals surface area contributed by atoms with E-state index >= 15 is 0 Å². The van der Waals surface area contributed by atoms with Crippen molar-refractivity contribution >= 4 is 16.8 Å². The van der Waals surface area contributed by atoms with Crippen LogP contribution in [0.3, 0.4) is 0 Å². The molecule has 146 valence electrons. The number of carbonyl (C=O) groups excluding carboxylic acids is 1. The van der Waals surface area contributed by atoms with Crippen LogP contribution < -0.4 is 10.1 Å². The number of aryl methyl sites for hydroxylation is 1. The van der Waals surface area contributed by atoms with Gasteiger partial charge in [-0.15, -0.1) is 0 Å². The SMILES string of the molecule is [2H]C([2H])([2H])n1cc2cc(Oc3ccc(C(F)(F)F)cc3)cc(C3C[C@H]3C(=O)NC)c2n1. The molecule has 1 unspecified atom stereocenters. The zero-order valence-electron chi connectivity index (χ0n) is 17.7. The molecule has 2 aromatic carbocycles. The van der Waals surface area contributed by atoms with Gasteiger partial charge in [0.25, 0.3) is 0 Å². The average molecular weight is 392 g/mol. The smallest absolute Gasteiger partial charge is 0.416 e. The number of nitrogens with zero attached hydrogens (tertiary/aromatic N) is 2. The van der Waals surface area contributed by atoms with Crippen molar-refractivity contribution in [1.82, 2.24) is 15.1 Å². The molecule has 0 aliphatic heterocycles. The average Bonchev–Trinajstić information content (AvgIpc) is 3.36. The van der Waals surface area contributed by atoms with Gasteiger partial charge in [-0.2, -0.15) is 18.3 Å². The van der Waals surface area contributed by atoms with Crippen LogP contribution in [-0.4, -0.2) is 22.7 Å². The molecule has 8 heteroatoms. The topological polar surface area (TPSA) is 56.1 Å². The number of nitrogens with one attached hydrogen (secondary N) is 1. The van der Waals surface area contributed by atoms with E-state index in [2.05, 4.69) is 10.4 Å². The molecule has 1 fully saturated rings. The van der Waals surface area contributed by atoms with E-state index in [1.54, 1.807) is 19.2 Å². The van der Waals surface area contributed by atoms with Gasteiger partial charge in [0.2, 0.25) is 5.91 Å². The first kappa shape index (κ1) is 15.0. The normalized spacial score (nSPS) is 20.9. The van der Waals surface area contributed by atoms with Crippen LogP contribution in [0, 0.1) is 5.92 Å². The second kappa shape index (κ2) is 6.54. The molecule has 3 aromatic rings. The molecule has 0 radical (unpaired) electrons. The molecule has 4 rings (SSSR count). The van der Waals surface area contributed by atoms with Crippen LogP contribution in [0.5, 0.6) is 11.5 Å². The van der Waals surface area contributed by atoms with Crippen LogP contribution >= 0.6 is 0 Å². The highest BCUT2D eigenvalue weighted by molar-refractivity contribution is 5.88. The Morgan fingerprint density at radius 2 is 2.04 bits per heavy atom. The van der Waals surface area contributed by atoms with E-state index in [0.717, 1.165) is 16.8 Å². The fourth-order valence-electron chi connectivity index (χ4n) is 3.34. The lowest BCUT2D eigenvalue weighted by atomic mass is 10.0. The second-order valence-electron chi connectivity index (χ2n) is 6.71. The van der Waals surface area contributed by atoms with E-state index in [4.69, 9.17) is 8.85 Å². The molecule has 1 amide bonds. The van der Waals surface area contributed by atoms with Gasteiger partial charge in [0.1, 0.15) is 11.5 Å². The monoisotopic (exact) mass is 392 g/mol. The molecule has 1 aliphatic carbocycles. The largest absolute Gasteiger partial charge is 0.457 e. The Labute approximate surface area is 163 Å². The van der Waals surface area contributed by atoms with Gasteiger partial charge in [-0.25, -0.2) is 0 Å². The molecule has 0 saturated heterocycles. The van der Waals surface area contributed by atoms with Gasteiger partial charge in [-0.3, -0.25) is 9.48 Å². The maximum atomic E-state index is 12.8. The Morgan fingerprint density at radius 1 is 1.29 bits per heavy atom. The summed E-state index contributed by atoms with van der Waals surface area (Å²) in [6, 6.07) is 7.49. The van der Waals surface area contributed by atoms with Crippen molar-refractivity contribution in [2.45, 2.75) is 18.5 Å². The maximum Gasteiger partial charge on any atom is 0.416 e. The number of halogens is 3. The molecular weight excluding hydrogens is 371 g/mol. The minimum absolute atomic E-state index is 0.123. The molecule has 1 N–H and O–H groups in total. The quantitative estimate of drug-likeness (QED) is 0.723. The van der Waals surface area contributed by atoms with Crippen LogP contribution in [0.1, 0.15) is 27.6 Å². The van der Waals surface area contributed by atoms with Gasteiger partial charge < -0.3 is 10.1 Å². The van der Waals surface area contributed by atoms with E-state index in [1.807, 2.05) is 0 Å². The van der Waals surface area contributed by atoms with Crippen molar-refractivity contribution in [1.29, 1.82) is 0 Å². The van der Waals surface area contributed by atoms with E-state index < -0.39 is 18.7 Å². The van der Waals surface area contributed by atoms with Crippen LogP contribution in [-0.2, 0) is 17.9 Å². The van der Waals surface area contributed by atoms with Gasteiger partial charge >= 0.3 is 6.18 Å². The predicted octanol–water partition coefficient (Wildman–Crippen LogP) is 4.23. The number of amides is 1.